The predicted octanol–water partition coefficient (Wildman–Crippen LogP) is 5.14. The number of nitrogens with zero attached hydrogens (tertiary/aromatic N) is 5. The number of rotatable bonds is 2. The Morgan fingerprint density at radius 3 is 2.65 bits per heavy atom. The second-order valence-electron chi connectivity index (χ2n) is 8.58. The lowest BCUT2D eigenvalue weighted by molar-refractivity contribution is 0.134. The van der Waals surface area contributed by atoms with Crippen LogP contribution in [0.15, 0.2) is 72.9 Å². The van der Waals surface area contributed by atoms with Crippen molar-refractivity contribution in [2.75, 3.05) is 6.54 Å². The molecular weight excluding hydrogens is 446 g/mol. The van der Waals surface area contributed by atoms with Crippen molar-refractivity contribution in [1.82, 2.24) is 29.9 Å². The summed E-state index contributed by atoms with van der Waals surface area (Å²) < 4.78 is 1.87. The summed E-state index contributed by atoms with van der Waals surface area (Å²) in [6.07, 6.45) is 5.21. The van der Waals surface area contributed by atoms with Crippen molar-refractivity contribution in [2.24, 2.45) is 0 Å². The van der Waals surface area contributed by atoms with Gasteiger partial charge in [0.15, 0.2) is 6.19 Å². The smallest absolute Gasteiger partial charge is 0.213 e. The number of para-hydroxylation sites is 2. The molecule has 0 saturated heterocycles. The summed E-state index contributed by atoms with van der Waals surface area (Å²) in [6.45, 7) is 0.541. The van der Waals surface area contributed by atoms with Crippen LogP contribution in [0.4, 0.5) is 0 Å². The van der Waals surface area contributed by atoms with E-state index in [1.165, 1.54) is 5.56 Å². The second-order valence-corrected chi connectivity index (χ2v) is 9.02. The Labute approximate surface area is 199 Å². The van der Waals surface area contributed by atoms with Gasteiger partial charge in [-0.2, -0.15) is 5.26 Å². The van der Waals surface area contributed by atoms with Crippen molar-refractivity contribution < 1.29 is 0 Å². The monoisotopic (exact) mass is 463 g/mol. The minimum atomic E-state index is -1.07. The molecule has 164 valence electrons. The summed E-state index contributed by atoms with van der Waals surface area (Å²) in [7, 11) is 0. The average Bonchev–Trinajstić information content (AvgIpc) is 3.58. The first kappa shape index (κ1) is 19.2. The van der Waals surface area contributed by atoms with Gasteiger partial charge in [0, 0.05) is 45.1 Å². The summed E-state index contributed by atoms with van der Waals surface area (Å²) in [6, 6.07) is 21.9. The third-order valence-electron chi connectivity index (χ3n) is 6.94. The van der Waals surface area contributed by atoms with Crippen LogP contribution in [-0.2, 0) is 12.1 Å². The maximum absolute atomic E-state index is 10.5. The van der Waals surface area contributed by atoms with Crippen LogP contribution < -0.4 is 0 Å². The number of nitriles is 1. The summed E-state index contributed by atoms with van der Waals surface area (Å²) >= 11 is 6.27. The Morgan fingerprint density at radius 2 is 1.79 bits per heavy atom. The highest BCUT2D eigenvalue weighted by Gasteiger charge is 2.51. The molecule has 0 spiro atoms. The van der Waals surface area contributed by atoms with Gasteiger partial charge in [-0.15, -0.1) is 5.10 Å². The van der Waals surface area contributed by atoms with Crippen LogP contribution in [0.1, 0.15) is 16.8 Å². The molecule has 34 heavy (non-hydrogen) atoms. The number of aromatic amines is 2. The van der Waals surface area contributed by atoms with E-state index in [2.05, 4.69) is 44.7 Å². The van der Waals surface area contributed by atoms with Crippen LogP contribution >= 0.6 is 11.6 Å². The van der Waals surface area contributed by atoms with Gasteiger partial charge < -0.3 is 9.97 Å². The van der Waals surface area contributed by atoms with E-state index >= 15 is 0 Å². The number of H-pyrrole nitrogens is 2. The zero-order valence-corrected chi connectivity index (χ0v) is 18.7. The second kappa shape index (κ2) is 6.86. The van der Waals surface area contributed by atoms with Gasteiger partial charge in [0.1, 0.15) is 5.52 Å². The molecule has 0 radical (unpaired) electrons. The zero-order chi connectivity index (χ0) is 22.9. The Bertz CT molecular complexity index is 1770. The molecule has 3 aromatic heterocycles. The van der Waals surface area contributed by atoms with Crippen molar-refractivity contribution in [3.63, 3.8) is 0 Å². The molecule has 0 fully saturated rings. The van der Waals surface area contributed by atoms with E-state index in [9.17, 15) is 5.26 Å². The first-order chi connectivity index (χ1) is 16.7. The fourth-order valence-electron chi connectivity index (χ4n) is 5.51. The van der Waals surface area contributed by atoms with E-state index < -0.39 is 5.66 Å². The zero-order valence-electron chi connectivity index (χ0n) is 18.0. The van der Waals surface area contributed by atoms with Gasteiger partial charge >= 0.3 is 0 Å². The van der Waals surface area contributed by atoms with Crippen LogP contribution in [0.2, 0.25) is 5.02 Å². The van der Waals surface area contributed by atoms with Crippen LogP contribution in [0, 0.1) is 11.5 Å². The molecule has 1 aliphatic rings. The summed E-state index contributed by atoms with van der Waals surface area (Å²) in [5, 5.41) is 22.3. The largest absolute Gasteiger partial charge is 0.361 e. The Morgan fingerprint density at radius 1 is 1.00 bits per heavy atom. The van der Waals surface area contributed by atoms with Crippen molar-refractivity contribution in [1.29, 1.82) is 5.26 Å². The van der Waals surface area contributed by atoms with Crippen molar-refractivity contribution >= 4 is 44.4 Å². The van der Waals surface area contributed by atoms with Crippen molar-refractivity contribution in [3.8, 4) is 6.19 Å². The van der Waals surface area contributed by atoms with Gasteiger partial charge in [0.2, 0.25) is 5.66 Å². The fourth-order valence-corrected chi connectivity index (χ4v) is 5.68. The van der Waals surface area contributed by atoms with Gasteiger partial charge in [-0.3, -0.25) is 4.90 Å². The summed E-state index contributed by atoms with van der Waals surface area (Å²) in [4.78, 5) is 8.88. The normalized spacial score (nSPS) is 17.9. The molecule has 2 N–H and O–H groups in total. The molecule has 3 aromatic carbocycles. The Kier molecular flexibility index (Phi) is 3.88. The van der Waals surface area contributed by atoms with E-state index in [0.29, 0.717) is 17.1 Å². The SMILES string of the molecule is N#CN1CCc2c([nH]c3ccccc23)C1(c1c[nH]c2ccccc12)n1nnc2cc(Cl)ccc21. The van der Waals surface area contributed by atoms with Crippen LogP contribution in [-0.4, -0.2) is 36.4 Å². The van der Waals surface area contributed by atoms with E-state index in [1.807, 2.05) is 58.2 Å². The third kappa shape index (κ3) is 2.35. The van der Waals surface area contributed by atoms with Crippen molar-refractivity contribution in [2.45, 2.75) is 12.1 Å². The topological polar surface area (TPSA) is 89.3 Å². The molecule has 6 aromatic rings. The molecule has 8 heteroatoms. The summed E-state index contributed by atoms with van der Waals surface area (Å²) in [5.74, 6) is 0. The van der Waals surface area contributed by atoms with Gasteiger partial charge in [-0.05, 0) is 42.3 Å². The molecule has 7 rings (SSSR count). The van der Waals surface area contributed by atoms with Crippen LogP contribution in [0.25, 0.3) is 32.8 Å². The molecule has 0 aliphatic carbocycles. The minimum absolute atomic E-state index is 0.541. The molecular formula is C26H18ClN7. The summed E-state index contributed by atoms with van der Waals surface area (Å²) in [5.41, 5.74) is 5.46. The molecule has 1 aliphatic heterocycles. The highest BCUT2D eigenvalue weighted by molar-refractivity contribution is 6.31. The number of nitrogens with one attached hydrogen (secondary N) is 2. The average molecular weight is 464 g/mol. The first-order valence-corrected chi connectivity index (χ1v) is 11.4. The first-order valence-electron chi connectivity index (χ1n) is 11.1. The molecule has 0 bridgehead atoms. The lowest BCUT2D eigenvalue weighted by Crippen LogP contribution is -2.54. The third-order valence-corrected chi connectivity index (χ3v) is 7.17. The van der Waals surface area contributed by atoms with Crippen molar-refractivity contribution in [3.05, 3.63) is 94.8 Å². The van der Waals surface area contributed by atoms with Crippen LogP contribution in [0.3, 0.4) is 0 Å². The highest BCUT2D eigenvalue weighted by Crippen LogP contribution is 2.47. The molecule has 4 heterocycles. The minimum Gasteiger partial charge on any atom is -0.361 e. The quantitative estimate of drug-likeness (QED) is 0.348. The lowest BCUT2D eigenvalue weighted by atomic mass is 9.86. The number of aromatic nitrogens is 5. The van der Waals surface area contributed by atoms with E-state index in [4.69, 9.17) is 11.6 Å². The van der Waals surface area contributed by atoms with E-state index in [1.54, 1.807) is 6.07 Å². The Hall–Kier alpha value is -4.28. The lowest BCUT2D eigenvalue weighted by Gasteiger charge is -2.43. The number of benzene rings is 3. The molecule has 0 amide bonds. The highest BCUT2D eigenvalue weighted by atomic mass is 35.5. The molecule has 7 nitrogen and oxygen atoms in total. The number of halogens is 1. The Balaban J connectivity index is 1.69. The van der Waals surface area contributed by atoms with Gasteiger partial charge in [-0.1, -0.05) is 53.2 Å². The van der Waals surface area contributed by atoms with Gasteiger partial charge in [0.05, 0.1) is 11.2 Å². The molecule has 1 atom stereocenters. The molecule has 1 unspecified atom stereocenters. The maximum Gasteiger partial charge on any atom is 0.213 e. The number of hydrogen-bond acceptors (Lipinski definition) is 4. The number of hydrogen-bond donors (Lipinski definition) is 2. The maximum atomic E-state index is 10.5. The van der Waals surface area contributed by atoms with Crippen LogP contribution in [0.5, 0.6) is 0 Å². The van der Waals surface area contributed by atoms with Gasteiger partial charge in [-0.25, -0.2) is 4.68 Å². The fraction of sp³-hybridized carbons (Fsp3) is 0.115. The van der Waals surface area contributed by atoms with Gasteiger partial charge in [0.25, 0.3) is 0 Å². The standard InChI is InChI=1S/C26H18ClN7/c27-16-9-10-24-23(13-16)31-32-34(24)26(20-14-29-21-7-3-2-6-19(20)21)25-18(11-12-33(26)15-28)17-5-1-4-8-22(17)30-25/h1-10,13-14,29-30H,11-12H2. The number of fused-ring (bicyclic) bond motifs is 5. The predicted molar refractivity (Wildman–Crippen MR) is 131 cm³/mol. The van der Waals surface area contributed by atoms with E-state index in [0.717, 1.165) is 45.0 Å². The van der Waals surface area contributed by atoms with E-state index in [-0.39, 0.29) is 0 Å². The molecule has 0 saturated carbocycles.